The maximum absolute atomic E-state index is 13.6. The molecule has 2 heterocycles. The van der Waals surface area contributed by atoms with E-state index in [1.165, 1.54) is 12.1 Å². The Balaban J connectivity index is 2.22. The standard InChI is InChI=1S/C17H15FN2O4S2/c1-2-3-4-11(16(23)24)20-15(22)13(26-17(20)25)12-9-7-8(18)5-6-10(9)19-14(12)21/h5-7,11,22H,2-4H2,1H3,(H,23,24). The number of nitrogens with zero attached hydrogens (tertiary/aromatic N) is 2. The van der Waals surface area contributed by atoms with Crippen molar-refractivity contribution in [3.05, 3.63) is 43.4 Å². The zero-order valence-corrected chi connectivity index (χ0v) is 15.4. The maximum Gasteiger partial charge on any atom is 0.326 e. The van der Waals surface area contributed by atoms with E-state index in [9.17, 15) is 24.2 Å². The first-order chi connectivity index (χ1) is 12.3. The molecule has 0 radical (unpaired) electrons. The van der Waals surface area contributed by atoms with E-state index in [2.05, 4.69) is 4.99 Å². The van der Waals surface area contributed by atoms with E-state index in [-0.39, 0.29) is 19.6 Å². The first-order valence-electron chi connectivity index (χ1n) is 7.95. The third-order valence-electron chi connectivity index (χ3n) is 4.14. The summed E-state index contributed by atoms with van der Waals surface area (Å²) in [5, 5.41) is 20.7. The molecule has 0 saturated carbocycles. The number of carbonyl (C=O) groups excluding carboxylic acids is 1. The van der Waals surface area contributed by atoms with Crippen molar-refractivity contribution in [1.82, 2.24) is 4.57 Å². The zero-order valence-electron chi connectivity index (χ0n) is 13.7. The van der Waals surface area contributed by atoms with Gasteiger partial charge in [0.1, 0.15) is 16.7 Å². The second-order valence-electron chi connectivity index (χ2n) is 5.84. The summed E-state index contributed by atoms with van der Waals surface area (Å²) in [4.78, 5) is 27.9. The van der Waals surface area contributed by atoms with Crippen LogP contribution in [0, 0.1) is 9.77 Å². The molecule has 1 aromatic carbocycles. The Morgan fingerprint density at radius 1 is 1.46 bits per heavy atom. The molecule has 1 aromatic heterocycles. The highest BCUT2D eigenvalue weighted by Gasteiger charge is 2.30. The van der Waals surface area contributed by atoms with Crippen LogP contribution in [0.5, 0.6) is 5.88 Å². The quantitative estimate of drug-likeness (QED) is 0.734. The molecule has 0 aliphatic carbocycles. The minimum absolute atomic E-state index is 0.0338. The normalized spacial score (nSPS) is 14.2. The molecule has 26 heavy (non-hydrogen) atoms. The lowest BCUT2D eigenvalue weighted by atomic mass is 10.1. The summed E-state index contributed by atoms with van der Waals surface area (Å²) in [7, 11) is 0. The van der Waals surface area contributed by atoms with Crippen molar-refractivity contribution in [3.8, 4) is 5.88 Å². The Labute approximate surface area is 156 Å². The molecule has 1 unspecified atom stereocenters. The SMILES string of the molecule is CCCCC(C(=O)O)n1c(O)c(C2=c3cc(F)ccc3=NC2=O)sc1=S. The molecule has 0 bridgehead atoms. The van der Waals surface area contributed by atoms with E-state index in [1.807, 2.05) is 6.92 Å². The molecule has 6 nitrogen and oxygen atoms in total. The van der Waals surface area contributed by atoms with Gasteiger partial charge in [-0.3, -0.25) is 9.36 Å². The van der Waals surface area contributed by atoms with Crippen LogP contribution in [0.2, 0.25) is 0 Å². The van der Waals surface area contributed by atoms with Gasteiger partial charge < -0.3 is 10.2 Å². The van der Waals surface area contributed by atoms with Gasteiger partial charge in [-0.1, -0.05) is 19.8 Å². The van der Waals surface area contributed by atoms with Crippen molar-refractivity contribution in [2.75, 3.05) is 0 Å². The highest BCUT2D eigenvalue weighted by atomic mass is 32.1. The lowest BCUT2D eigenvalue weighted by molar-refractivity contribution is -0.141. The summed E-state index contributed by atoms with van der Waals surface area (Å²) in [6, 6.07) is 2.70. The Kier molecular flexibility index (Phi) is 5.01. The molecular formula is C17H15FN2O4S2. The van der Waals surface area contributed by atoms with Gasteiger partial charge in [0.2, 0.25) is 5.88 Å². The van der Waals surface area contributed by atoms with Gasteiger partial charge in [0.05, 0.1) is 10.9 Å². The number of aromatic nitrogens is 1. The van der Waals surface area contributed by atoms with Gasteiger partial charge in [-0.05, 0) is 36.8 Å². The predicted octanol–water partition coefficient (Wildman–Crippen LogP) is 2.30. The molecule has 136 valence electrons. The van der Waals surface area contributed by atoms with Gasteiger partial charge in [-0.15, -0.1) is 11.3 Å². The number of hydrogen-bond donors (Lipinski definition) is 2. The Morgan fingerprint density at radius 3 is 2.85 bits per heavy atom. The lowest BCUT2D eigenvalue weighted by Gasteiger charge is -2.14. The van der Waals surface area contributed by atoms with Crippen LogP contribution in [-0.4, -0.2) is 26.7 Å². The molecule has 2 aromatic rings. The van der Waals surface area contributed by atoms with E-state index >= 15 is 0 Å². The van der Waals surface area contributed by atoms with Crippen molar-refractivity contribution in [2.45, 2.75) is 32.2 Å². The topological polar surface area (TPSA) is 91.9 Å². The van der Waals surface area contributed by atoms with Gasteiger partial charge in [0, 0.05) is 5.22 Å². The monoisotopic (exact) mass is 394 g/mol. The fourth-order valence-electron chi connectivity index (χ4n) is 2.88. The van der Waals surface area contributed by atoms with Crippen LogP contribution in [-0.2, 0) is 9.59 Å². The van der Waals surface area contributed by atoms with E-state index in [0.29, 0.717) is 18.2 Å². The van der Waals surface area contributed by atoms with Crippen LogP contribution in [0.4, 0.5) is 4.39 Å². The number of amides is 1. The van der Waals surface area contributed by atoms with Crippen molar-refractivity contribution in [3.63, 3.8) is 0 Å². The van der Waals surface area contributed by atoms with Crippen LogP contribution in [0.3, 0.4) is 0 Å². The molecule has 1 aliphatic rings. The van der Waals surface area contributed by atoms with Crippen LogP contribution in [0.1, 0.15) is 37.1 Å². The van der Waals surface area contributed by atoms with E-state index < -0.39 is 29.6 Å². The Bertz CT molecular complexity index is 1090. The van der Waals surface area contributed by atoms with Crippen molar-refractivity contribution in [1.29, 1.82) is 0 Å². The zero-order chi connectivity index (χ0) is 19.0. The van der Waals surface area contributed by atoms with Crippen molar-refractivity contribution >= 4 is 41.0 Å². The Morgan fingerprint density at radius 2 is 2.19 bits per heavy atom. The second kappa shape index (κ2) is 7.08. The molecule has 2 N–H and O–H groups in total. The van der Waals surface area contributed by atoms with E-state index in [4.69, 9.17) is 12.2 Å². The summed E-state index contributed by atoms with van der Waals surface area (Å²) < 4.78 is 14.9. The van der Waals surface area contributed by atoms with Crippen LogP contribution >= 0.6 is 23.6 Å². The third-order valence-corrected chi connectivity index (χ3v) is 5.54. The van der Waals surface area contributed by atoms with Gasteiger partial charge >= 0.3 is 5.97 Å². The summed E-state index contributed by atoms with van der Waals surface area (Å²) in [5.41, 5.74) is 0.0338. The van der Waals surface area contributed by atoms with Crippen LogP contribution in [0.25, 0.3) is 5.57 Å². The molecular weight excluding hydrogens is 379 g/mol. The molecule has 0 spiro atoms. The summed E-state index contributed by atoms with van der Waals surface area (Å²) in [6.07, 6.45) is 1.72. The predicted molar refractivity (Wildman–Crippen MR) is 95.7 cm³/mol. The summed E-state index contributed by atoms with van der Waals surface area (Å²) >= 11 is 6.15. The average Bonchev–Trinajstić information content (AvgIpc) is 3.04. The maximum atomic E-state index is 13.6. The molecule has 3 rings (SSSR count). The smallest absolute Gasteiger partial charge is 0.326 e. The summed E-state index contributed by atoms with van der Waals surface area (Å²) in [6.45, 7) is 1.93. The number of unbranched alkanes of at least 4 members (excludes halogenated alkanes) is 1. The number of carboxylic acids is 1. The number of benzene rings is 1. The average molecular weight is 394 g/mol. The molecule has 0 fully saturated rings. The molecule has 0 saturated heterocycles. The van der Waals surface area contributed by atoms with Crippen LogP contribution in [0.15, 0.2) is 23.2 Å². The molecule has 9 heteroatoms. The fourth-order valence-corrected chi connectivity index (χ4v) is 4.32. The fraction of sp³-hybridized carbons (Fsp3) is 0.294. The minimum Gasteiger partial charge on any atom is -0.493 e. The first kappa shape index (κ1) is 18.4. The van der Waals surface area contributed by atoms with Gasteiger partial charge in [-0.2, -0.15) is 0 Å². The number of hydrogen-bond acceptors (Lipinski definition) is 5. The number of thiazole rings is 1. The number of carbonyl (C=O) groups is 2. The third kappa shape index (κ3) is 3.08. The van der Waals surface area contributed by atoms with Crippen LogP contribution < -0.4 is 10.6 Å². The highest BCUT2D eigenvalue weighted by molar-refractivity contribution is 7.73. The Hall–Kier alpha value is -2.39. The molecule has 1 aliphatic heterocycles. The number of aliphatic carboxylic acids is 1. The highest BCUT2D eigenvalue weighted by Crippen LogP contribution is 2.36. The summed E-state index contributed by atoms with van der Waals surface area (Å²) in [5.74, 6) is -2.68. The lowest BCUT2D eigenvalue weighted by Crippen LogP contribution is -2.23. The number of fused-ring (bicyclic) bond motifs is 1. The van der Waals surface area contributed by atoms with Gasteiger partial charge in [0.25, 0.3) is 5.91 Å². The minimum atomic E-state index is -1.12. The molecule has 1 amide bonds. The second-order valence-corrected chi connectivity index (χ2v) is 7.48. The van der Waals surface area contributed by atoms with Gasteiger partial charge in [-0.25, -0.2) is 14.2 Å². The number of rotatable bonds is 6. The van der Waals surface area contributed by atoms with E-state index in [0.717, 1.165) is 28.4 Å². The van der Waals surface area contributed by atoms with Gasteiger partial charge in [0.15, 0.2) is 3.95 Å². The number of aromatic hydroxyl groups is 1. The number of halogens is 1. The van der Waals surface area contributed by atoms with Crippen molar-refractivity contribution in [2.24, 2.45) is 4.99 Å². The number of carboxylic acid groups (broad SMARTS) is 1. The first-order valence-corrected chi connectivity index (χ1v) is 9.18. The van der Waals surface area contributed by atoms with E-state index in [1.54, 1.807) is 0 Å². The largest absolute Gasteiger partial charge is 0.493 e. The van der Waals surface area contributed by atoms with Crippen molar-refractivity contribution < 1.29 is 24.2 Å². The molecule has 1 atom stereocenters.